The molecule has 1 aromatic heterocycles. The van der Waals surface area contributed by atoms with Gasteiger partial charge < -0.3 is 4.74 Å². The molecule has 0 bridgehead atoms. The maximum absolute atomic E-state index is 12.5. The molecule has 0 unspecified atom stereocenters. The summed E-state index contributed by atoms with van der Waals surface area (Å²) in [5.41, 5.74) is 3.73. The third-order valence-corrected chi connectivity index (χ3v) is 4.08. The normalized spacial score (nSPS) is 15.2. The number of H-pyrrole nitrogens is 1. The van der Waals surface area contributed by atoms with Crippen molar-refractivity contribution in [2.45, 2.75) is 51.4 Å². The van der Waals surface area contributed by atoms with Gasteiger partial charge in [0, 0.05) is 16.7 Å². The van der Waals surface area contributed by atoms with E-state index in [1.807, 2.05) is 24.3 Å². The minimum absolute atomic E-state index is 0.0196. The van der Waals surface area contributed by atoms with Gasteiger partial charge in [0.15, 0.2) is 0 Å². The van der Waals surface area contributed by atoms with Crippen LogP contribution in [0.25, 0.3) is 11.3 Å². The predicted molar refractivity (Wildman–Crippen MR) is 86.2 cm³/mol. The predicted octanol–water partition coefficient (Wildman–Crippen LogP) is 4.90. The molecular weight excluding hydrogens is 298 g/mol. The summed E-state index contributed by atoms with van der Waals surface area (Å²) in [5, 5.41) is 7.40. The maximum Gasteiger partial charge on any atom is 0.272 e. The zero-order chi connectivity index (χ0) is 16.6. The van der Waals surface area contributed by atoms with Crippen LogP contribution in [0.5, 0.6) is 5.75 Å². The molecule has 0 radical (unpaired) electrons. The average molecular weight is 320 g/mol. The van der Waals surface area contributed by atoms with Gasteiger partial charge in [0.2, 0.25) is 0 Å². The highest BCUT2D eigenvalue weighted by molar-refractivity contribution is 5.63. The van der Waals surface area contributed by atoms with E-state index in [9.17, 15) is 8.78 Å². The van der Waals surface area contributed by atoms with Crippen molar-refractivity contribution in [2.75, 3.05) is 6.61 Å². The SMILES string of the molecule is CC(C)(C)c1cc(-c2ccc(C3CC3)c(OCC(F)F)c2)n[nH]1. The summed E-state index contributed by atoms with van der Waals surface area (Å²) in [6.45, 7) is 5.75. The first-order chi connectivity index (χ1) is 10.8. The summed E-state index contributed by atoms with van der Waals surface area (Å²) >= 11 is 0. The number of alkyl halides is 2. The van der Waals surface area contributed by atoms with Crippen LogP contribution in [0.15, 0.2) is 24.3 Å². The van der Waals surface area contributed by atoms with E-state index in [0.29, 0.717) is 11.7 Å². The fourth-order valence-electron chi connectivity index (χ4n) is 2.56. The summed E-state index contributed by atoms with van der Waals surface area (Å²) in [6.07, 6.45) is -0.273. The van der Waals surface area contributed by atoms with Crippen LogP contribution in [-0.4, -0.2) is 23.2 Å². The molecule has 0 aliphatic heterocycles. The molecule has 0 atom stereocenters. The number of aromatic nitrogens is 2. The van der Waals surface area contributed by atoms with Crippen LogP contribution in [0, 0.1) is 0 Å². The van der Waals surface area contributed by atoms with Crippen molar-refractivity contribution in [3.63, 3.8) is 0 Å². The summed E-state index contributed by atoms with van der Waals surface area (Å²) in [6, 6.07) is 7.81. The number of nitrogens with one attached hydrogen (secondary N) is 1. The molecular formula is C18H22F2N2O. The van der Waals surface area contributed by atoms with Gasteiger partial charge in [-0.2, -0.15) is 5.10 Å². The Morgan fingerprint density at radius 1 is 1.26 bits per heavy atom. The van der Waals surface area contributed by atoms with Gasteiger partial charge in [-0.3, -0.25) is 5.10 Å². The van der Waals surface area contributed by atoms with Gasteiger partial charge in [0.1, 0.15) is 12.4 Å². The molecule has 3 rings (SSSR count). The Morgan fingerprint density at radius 2 is 2.00 bits per heavy atom. The van der Waals surface area contributed by atoms with Crippen molar-refractivity contribution < 1.29 is 13.5 Å². The number of ether oxygens (including phenoxy) is 1. The van der Waals surface area contributed by atoms with Crippen molar-refractivity contribution >= 4 is 0 Å². The standard InChI is InChI=1S/C18H22F2N2O/c1-18(2,3)16-9-14(21-22-16)12-6-7-13(11-4-5-11)15(8-12)23-10-17(19)20/h6-9,11,17H,4-5,10H2,1-3H3,(H,21,22). The van der Waals surface area contributed by atoms with Crippen LogP contribution < -0.4 is 4.74 Å². The second-order valence-electron chi connectivity index (χ2n) is 7.15. The lowest BCUT2D eigenvalue weighted by atomic mass is 9.92. The van der Waals surface area contributed by atoms with E-state index < -0.39 is 13.0 Å². The Bertz CT molecular complexity index is 685. The van der Waals surface area contributed by atoms with E-state index in [1.54, 1.807) is 0 Å². The quantitative estimate of drug-likeness (QED) is 0.851. The minimum Gasteiger partial charge on any atom is -0.487 e. The molecule has 5 heteroatoms. The highest BCUT2D eigenvalue weighted by atomic mass is 19.3. The molecule has 3 nitrogen and oxygen atoms in total. The number of hydrogen-bond acceptors (Lipinski definition) is 2. The van der Waals surface area contributed by atoms with Crippen LogP contribution in [0.4, 0.5) is 8.78 Å². The minimum atomic E-state index is -2.47. The fourth-order valence-corrected chi connectivity index (χ4v) is 2.56. The number of hydrogen-bond donors (Lipinski definition) is 1. The molecule has 1 saturated carbocycles. The lowest BCUT2D eigenvalue weighted by molar-refractivity contribution is 0.0814. The van der Waals surface area contributed by atoms with E-state index >= 15 is 0 Å². The van der Waals surface area contributed by atoms with Crippen LogP contribution >= 0.6 is 0 Å². The Balaban J connectivity index is 1.90. The fraction of sp³-hybridized carbons (Fsp3) is 0.500. The van der Waals surface area contributed by atoms with Crippen LogP contribution in [0.2, 0.25) is 0 Å². The van der Waals surface area contributed by atoms with Gasteiger partial charge in [-0.25, -0.2) is 8.78 Å². The van der Waals surface area contributed by atoms with Crippen LogP contribution in [0.3, 0.4) is 0 Å². The Kier molecular flexibility index (Phi) is 4.13. The average Bonchev–Trinajstić information content (AvgIpc) is 3.19. The molecule has 0 saturated heterocycles. The summed E-state index contributed by atoms with van der Waals surface area (Å²) < 4.78 is 30.3. The molecule has 1 N–H and O–H groups in total. The van der Waals surface area contributed by atoms with Crippen molar-refractivity contribution in [1.29, 1.82) is 0 Å². The summed E-state index contributed by atoms with van der Waals surface area (Å²) in [5.74, 6) is 1.01. The number of aromatic amines is 1. The number of halogens is 2. The van der Waals surface area contributed by atoms with Gasteiger partial charge in [-0.1, -0.05) is 32.9 Å². The van der Waals surface area contributed by atoms with Crippen molar-refractivity contribution in [3.05, 3.63) is 35.5 Å². The molecule has 1 aliphatic carbocycles. The first kappa shape index (κ1) is 16.0. The van der Waals surface area contributed by atoms with Gasteiger partial charge in [0.05, 0.1) is 5.69 Å². The molecule has 2 aromatic rings. The lowest BCUT2D eigenvalue weighted by Gasteiger charge is -2.14. The number of benzene rings is 1. The number of nitrogens with zero attached hydrogens (tertiary/aromatic N) is 1. The van der Waals surface area contributed by atoms with E-state index in [-0.39, 0.29) is 5.41 Å². The molecule has 1 heterocycles. The third kappa shape index (κ3) is 3.71. The third-order valence-electron chi connectivity index (χ3n) is 4.08. The zero-order valence-corrected chi connectivity index (χ0v) is 13.7. The molecule has 23 heavy (non-hydrogen) atoms. The van der Waals surface area contributed by atoms with Crippen molar-refractivity contribution in [2.24, 2.45) is 0 Å². The zero-order valence-electron chi connectivity index (χ0n) is 13.7. The van der Waals surface area contributed by atoms with Gasteiger partial charge in [-0.15, -0.1) is 0 Å². The number of rotatable bonds is 5. The summed E-state index contributed by atoms with van der Waals surface area (Å²) in [4.78, 5) is 0. The second kappa shape index (κ2) is 5.95. The molecule has 124 valence electrons. The largest absolute Gasteiger partial charge is 0.487 e. The molecule has 0 amide bonds. The highest BCUT2D eigenvalue weighted by Gasteiger charge is 2.27. The van der Waals surface area contributed by atoms with E-state index in [4.69, 9.17) is 4.74 Å². The summed E-state index contributed by atoms with van der Waals surface area (Å²) in [7, 11) is 0. The second-order valence-corrected chi connectivity index (χ2v) is 7.15. The monoisotopic (exact) mass is 320 g/mol. The van der Waals surface area contributed by atoms with Crippen LogP contribution in [-0.2, 0) is 5.41 Å². The van der Waals surface area contributed by atoms with Gasteiger partial charge >= 0.3 is 0 Å². The highest BCUT2D eigenvalue weighted by Crippen LogP contribution is 2.45. The smallest absolute Gasteiger partial charge is 0.272 e. The van der Waals surface area contributed by atoms with E-state index in [1.165, 1.54) is 0 Å². The van der Waals surface area contributed by atoms with E-state index in [2.05, 4.69) is 31.0 Å². The molecule has 1 aliphatic rings. The van der Waals surface area contributed by atoms with Crippen molar-refractivity contribution in [1.82, 2.24) is 10.2 Å². The topological polar surface area (TPSA) is 37.9 Å². The maximum atomic E-state index is 12.5. The Labute approximate surface area is 135 Å². The Hall–Kier alpha value is -1.91. The molecule has 1 fully saturated rings. The molecule has 0 spiro atoms. The lowest BCUT2D eigenvalue weighted by Crippen LogP contribution is -2.11. The van der Waals surface area contributed by atoms with Gasteiger partial charge in [0.25, 0.3) is 6.43 Å². The van der Waals surface area contributed by atoms with E-state index in [0.717, 1.165) is 35.4 Å². The van der Waals surface area contributed by atoms with Crippen molar-refractivity contribution in [3.8, 4) is 17.0 Å². The Morgan fingerprint density at radius 3 is 2.57 bits per heavy atom. The molecule has 1 aromatic carbocycles. The van der Waals surface area contributed by atoms with Crippen LogP contribution in [0.1, 0.15) is 50.8 Å². The first-order valence-corrected chi connectivity index (χ1v) is 7.96. The van der Waals surface area contributed by atoms with Gasteiger partial charge in [-0.05, 0) is 36.5 Å². The first-order valence-electron chi connectivity index (χ1n) is 7.96.